The summed E-state index contributed by atoms with van der Waals surface area (Å²) in [6, 6.07) is 0. The Morgan fingerprint density at radius 2 is 1.79 bits per heavy atom. The minimum Gasteiger partial charge on any atom is -0.370 e. The van der Waals surface area contributed by atoms with E-state index < -0.39 is 0 Å². The van der Waals surface area contributed by atoms with Crippen LogP contribution >= 0.6 is 0 Å². The molecule has 0 rings (SSSR count). The van der Waals surface area contributed by atoms with Crippen LogP contribution in [0.3, 0.4) is 0 Å². The molecule has 0 saturated heterocycles. The zero-order valence-corrected chi connectivity index (χ0v) is 10.2. The molecular weight excluding hydrogens is 176 g/mol. The predicted molar refractivity (Wildman–Crippen MR) is 59.3 cm³/mol. The Morgan fingerprint density at radius 3 is 2.14 bits per heavy atom. The van der Waals surface area contributed by atoms with Crippen LogP contribution in [0.4, 0.5) is 0 Å². The number of ether oxygens (including phenoxy) is 1. The van der Waals surface area contributed by atoms with Crippen molar-refractivity contribution >= 4 is 5.78 Å². The third-order valence-corrected chi connectivity index (χ3v) is 2.27. The highest BCUT2D eigenvalue weighted by molar-refractivity contribution is 5.84. The van der Waals surface area contributed by atoms with E-state index in [1.54, 1.807) is 0 Å². The molecule has 0 aliphatic carbocycles. The van der Waals surface area contributed by atoms with Gasteiger partial charge in [-0.15, -0.1) is 0 Å². The smallest absolute Gasteiger partial charge is 0.164 e. The fourth-order valence-electron chi connectivity index (χ4n) is 1.22. The Labute approximate surface area is 88.0 Å². The molecule has 14 heavy (non-hydrogen) atoms. The van der Waals surface area contributed by atoms with Crippen LogP contribution in [0.25, 0.3) is 0 Å². The van der Waals surface area contributed by atoms with Gasteiger partial charge in [-0.3, -0.25) is 4.79 Å². The minimum absolute atomic E-state index is 0.0824. The lowest BCUT2D eigenvalue weighted by Crippen LogP contribution is -2.28. The normalized spacial score (nSPS) is 13.6. The van der Waals surface area contributed by atoms with Crippen molar-refractivity contribution in [3.8, 4) is 0 Å². The molecule has 84 valence electrons. The van der Waals surface area contributed by atoms with Crippen molar-refractivity contribution in [2.24, 2.45) is 11.8 Å². The minimum atomic E-state index is -0.186. The summed E-state index contributed by atoms with van der Waals surface area (Å²) in [5.41, 5.74) is 0. The Bertz CT molecular complexity index is 162. The molecule has 2 nitrogen and oxygen atoms in total. The molecule has 1 atom stereocenters. The number of hydrogen-bond acceptors (Lipinski definition) is 2. The SMILES string of the molecule is CC[C@@H](OCCC(C)C)C(=O)C(C)C. The van der Waals surface area contributed by atoms with E-state index in [1.165, 1.54) is 0 Å². The first kappa shape index (κ1) is 13.6. The van der Waals surface area contributed by atoms with Crippen molar-refractivity contribution in [3.63, 3.8) is 0 Å². The highest BCUT2D eigenvalue weighted by Crippen LogP contribution is 2.09. The third kappa shape index (κ3) is 5.38. The molecule has 0 unspecified atom stereocenters. The van der Waals surface area contributed by atoms with Crippen molar-refractivity contribution in [1.29, 1.82) is 0 Å². The fourth-order valence-corrected chi connectivity index (χ4v) is 1.22. The van der Waals surface area contributed by atoms with Gasteiger partial charge in [0.2, 0.25) is 0 Å². The summed E-state index contributed by atoms with van der Waals surface area (Å²) in [4.78, 5) is 11.6. The van der Waals surface area contributed by atoms with Crippen LogP contribution in [0.2, 0.25) is 0 Å². The van der Waals surface area contributed by atoms with Crippen LogP contribution < -0.4 is 0 Å². The molecule has 0 radical (unpaired) electrons. The number of Topliss-reactive ketones (excluding diaryl/α,β-unsaturated/α-hetero) is 1. The maximum atomic E-state index is 11.6. The van der Waals surface area contributed by atoms with Crippen molar-refractivity contribution in [2.45, 2.75) is 53.6 Å². The highest BCUT2D eigenvalue weighted by Gasteiger charge is 2.19. The standard InChI is InChI=1S/C12H24O2/c1-6-11(12(13)10(4)5)14-8-7-9(2)3/h9-11H,6-8H2,1-5H3/t11-/m1/s1. The first-order valence-corrected chi connectivity index (χ1v) is 5.64. The number of rotatable bonds is 7. The van der Waals surface area contributed by atoms with Gasteiger partial charge in [0.1, 0.15) is 6.10 Å². The number of carbonyl (C=O) groups excluding carboxylic acids is 1. The van der Waals surface area contributed by atoms with Gasteiger partial charge in [-0.2, -0.15) is 0 Å². The van der Waals surface area contributed by atoms with Crippen LogP contribution in [0.5, 0.6) is 0 Å². The summed E-state index contributed by atoms with van der Waals surface area (Å²) in [6.45, 7) is 10.9. The molecule has 0 amide bonds. The summed E-state index contributed by atoms with van der Waals surface area (Å²) < 4.78 is 5.58. The van der Waals surface area contributed by atoms with E-state index in [4.69, 9.17) is 4.74 Å². The maximum absolute atomic E-state index is 11.6. The largest absolute Gasteiger partial charge is 0.370 e. The number of hydrogen-bond donors (Lipinski definition) is 0. The molecule has 0 aromatic rings. The van der Waals surface area contributed by atoms with Gasteiger partial charge < -0.3 is 4.74 Å². The van der Waals surface area contributed by atoms with E-state index in [0.29, 0.717) is 12.5 Å². The average molecular weight is 200 g/mol. The summed E-state index contributed by atoms with van der Waals surface area (Å²) in [7, 11) is 0. The van der Waals surface area contributed by atoms with Crippen LogP contribution in [-0.2, 0) is 9.53 Å². The van der Waals surface area contributed by atoms with Crippen LogP contribution in [0.15, 0.2) is 0 Å². The van der Waals surface area contributed by atoms with Gasteiger partial charge in [-0.05, 0) is 18.8 Å². The van der Waals surface area contributed by atoms with Crippen LogP contribution in [0, 0.1) is 11.8 Å². The van der Waals surface area contributed by atoms with Crippen LogP contribution in [0.1, 0.15) is 47.5 Å². The molecular formula is C12H24O2. The molecule has 0 saturated carbocycles. The molecule has 0 aromatic carbocycles. The predicted octanol–water partition coefficient (Wildman–Crippen LogP) is 3.05. The van der Waals surface area contributed by atoms with Gasteiger partial charge in [0, 0.05) is 12.5 Å². The summed E-state index contributed by atoms with van der Waals surface area (Å²) in [5, 5.41) is 0. The molecule has 0 bridgehead atoms. The first-order chi connectivity index (χ1) is 6.49. The second kappa shape index (κ2) is 6.99. The second-order valence-electron chi connectivity index (χ2n) is 4.51. The van der Waals surface area contributed by atoms with Gasteiger partial charge in [-0.25, -0.2) is 0 Å². The molecule has 2 heteroatoms. The Morgan fingerprint density at radius 1 is 1.21 bits per heavy atom. The Kier molecular flexibility index (Phi) is 6.81. The van der Waals surface area contributed by atoms with Gasteiger partial charge in [0.25, 0.3) is 0 Å². The van der Waals surface area contributed by atoms with E-state index in [1.807, 2.05) is 20.8 Å². The summed E-state index contributed by atoms with van der Waals surface area (Å²) in [5.74, 6) is 0.955. The van der Waals surface area contributed by atoms with Crippen LogP contribution in [-0.4, -0.2) is 18.5 Å². The second-order valence-corrected chi connectivity index (χ2v) is 4.51. The summed E-state index contributed by atoms with van der Waals surface area (Å²) >= 11 is 0. The first-order valence-electron chi connectivity index (χ1n) is 5.64. The molecule has 0 fully saturated rings. The Balaban J connectivity index is 3.85. The molecule has 0 aromatic heterocycles. The van der Waals surface area contributed by atoms with Gasteiger partial charge in [0.15, 0.2) is 5.78 Å². The Hall–Kier alpha value is -0.370. The fraction of sp³-hybridized carbons (Fsp3) is 0.917. The monoisotopic (exact) mass is 200 g/mol. The van der Waals surface area contributed by atoms with E-state index in [-0.39, 0.29) is 17.8 Å². The van der Waals surface area contributed by atoms with Gasteiger partial charge in [0.05, 0.1) is 0 Å². The third-order valence-electron chi connectivity index (χ3n) is 2.27. The van der Waals surface area contributed by atoms with Gasteiger partial charge >= 0.3 is 0 Å². The number of ketones is 1. The lowest BCUT2D eigenvalue weighted by atomic mass is 10.0. The molecule has 0 N–H and O–H groups in total. The van der Waals surface area contributed by atoms with E-state index in [2.05, 4.69) is 13.8 Å². The summed E-state index contributed by atoms with van der Waals surface area (Å²) in [6.07, 6.45) is 1.63. The number of carbonyl (C=O) groups is 1. The van der Waals surface area contributed by atoms with E-state index >= 15 is 0 Å². The molecule has 0 aliphatic heterocycles. The van der Waals surface area contributed by atoms with Crippen molar-refractivity contribution in [1.82, 2.24) is 0 Å². The van der Waals surface area contributed by atoms with Gasteiger partial charge in [-0.1, -0.05) is 34.6 Å². The average Bonchev–Trinajstić information content (AvgIpc) is 2.10. The van der Waals surface area contributed by atoms with Crippen molar-refractivity contribution < 1.29 is 9.53 Å². The lowest BCUT2D eigenvalue weighted by Gasteiger charge is -2.17. The van der Waals surface area contributed by atoms with Crippen molar-refractivity contribution in [2.75, 3.05) is 6.61 Å². The zero-order valence-electron chi connectivity index (χ0n) is 10.2. The molecule has 0 heterocycles. The molecule has 0 spiro atoms. The van der Waals surface area contributed by atoms with Crippen molar-refractivity contribution in [3.05, 3.63) is 0 Å². The highest BCUT2D eigenvalue weighted by atomic mass is 16.5. The maximum Gasteiger partial charge on any atom is 0.164 e. The zero-order chi connectivity index (χ0) is 11.1. The molecule has 0 aliphatic rings. The van der Waals surface area contributed by atoms with E-state index in [9.17, 15) is 4.79 Å². The van der Waals surface area contributed by atoms with E-state index in [0.717, 1.165) is 12.8 Å². The topological polar surface area (TPSA) is 26.3 Å². The lowest BCUT2D eigenvalue weighted by molar-refractivity contribution is -0.134. The quantitative estimate of drug-likeness (QED) is 0.631.